The Balaban J connectivity index is 2.59. The molecule has 1 rings (SSSR count). The molecule has 0 aliphatic heterocycles. The minimum Gasteiger partial charge on any atom is -0.619 e. The number of hydrogen-bond acceptors (Lipinski definition) is 4. The SMILES string of the molecule is CC(C)(COC(=O)c1cc[n+]([O-])cc1)N(Cl)Cl. The van der Waals surface area contributed by atoms with Crippen LogP contribution in [0.3, 0.4) is 0 Å². The molecule has 0 bridgehead atoms. The summed E-state index contributed by atoms with van der Waals surface area (Å²) < 4.78 is 6.54. The number of aromatic nitrogens is 1. The number of halogens is 2. The van der Waals surface area contributed by atoms with Crippen LogP contribution in [0.5, 0.6) is 0 Å². The molecule has 1 aromatic rings. The van der Waals surface area contributed by atoms with Crippen molar-refractivity contribution >= 4 is 29.5 Å². The summed E-state index contributed by atoms with van der Waals surface area (Å²) in [5, 5.41) is 10.8. The van der Waals surface area contributed by atoms with E-state index in [0.29, 0.717) is 10.3 Å². The van der Waals surface area contributed by atoms with Gasteiger partial charge in [-0.1, -0.05) is 0 Å². The van der Waals surface area contributed by atoms with Crippen molar-refractivity contribution in [3.05, 3.63) is 35.3 Å². The van der Waals surface area contributed by atoms with Gasteiger partial charge in [-0.15, -0.1) is 3.94 Å². The van der Waals surface area contributed by atoms with Gasteiger partial charge in [-0.05, 0) is 37.4 Å². The van der Waals surface area contributed by atoms with Crippen LogP contribution in [-0.4, -0.2) is 22.1 Å². The Morgan fingerprint density at radius 1 is 1.47 bits per heavy atom. The molecule has 5 nitrogen and oxygen atoms in total. The van der Waals surface area contributed by atoms with E-state index in [0.717, 1.165) is 3.94 Å². The van der Waals surface area contributed by atoms with Crippen molar-refractivity contribution in [3.8, 4) is 0 Å². The zero-order valence-electron chi connectivity index (χ0n) is 9.39. The molecule has 0 spiro atoms. The van der Waals surface area contributed by atoms with Gasteiger partial charge in [0.2, 0.25) is 0 Å². The minimum atomic E-state index is -0.688. The van der Waals surface area contributed by atoms with E-state index in [1.54, 1.807) is 13.8 Å². The lowest BCUT2D eigenvalue weighted by atomic mass is 10.1. The zero-order valence-corrected chi connectivity index (χ0v) is 10.9. The van der Waals surface area contributed by atoms with Crippen LogP contribution in [0.1, 0.15) is 24.2 Å². The maximum atomic E-state index is 11.6. The second-order valence-electron chi connectivity index (χ2n) is 4.07. The first-order valence-electron chi connectivity index (χ1n) is 4.81. The van der Waals surface area contributed by atoms with E-state index in [-0.39, 0.29) is 6.61 Å². The lowest BCUT2D eigenvalue weighted by molar-refractivity contribution is -0.605. The van der Waals surface area contributed by atoms with E-state index in [9.17, 15) is 10.0 Å². The van der Waals surface area contributed by atoms with Crippen LogP contribution >= 0.6 is 23.6 Å². The lowest BCUT2D eigenvalue weighted by Gasteiger charge is -2.26. The summed E-state index contributed by atoms with van der Waals surface area (Å²) in [7, 11) is 0. The number of hydrogen-bond donors (Lipinski definition) is 0. The standard InChI is InChI=1S/C10H12Cl2N2O3/c1-10(2,14(11)12)7-17-9(15)8-3-5-13(16)6-4-8/h3-6H,7H2,1-2H3. The number of pyridine rings is 1. The third-order valence-electron chi connectivity index (χ3n) is 2.05. The number of ether oxygens (including phenoxy) is 1. The molecule has 0 aliphatic carbocycles. The van der Waals surface area contributed by atoms with Crippen LogP contribution in [0.15, 0.2) is 24.5 Å². The summed E-state index contributed by atoms with van der Waals surface area (Å²) in [5.41, 5.74) is -0.394. The molecular formula is C10H12Cl2N2O3. The zero-order chi connectivity index (χ0) is 13.1. The summed E-state index contributed by atoms with van der Waals surface area (Å²) in [4.78, 5) is 11.6. The molecule has 7 heteroatoms. The van der Waals surface area contributed by atoms with Crippen molar-refractivity contribution in [1.29, 1.82) is 0 Å². The highest BCUT2D eigenvalue weighted by Gasteiger charge is 2.26. The van der Waals surface area contributed by atoms with Crippen molar-refractivity contribution in [1.82, 2.24) is 3.94 Å². The Labute approximate surface area is 109 Å². The largest absolute Gasteiger partial charge is 0.619 e. The van der Waals surface area contributed by atoms with Gasteiger partial charge in [-0.3, -0.25) is 0 Å². The first kappa shape index (κ1) is 14.0. The first-order chi connectivity index (χ1) is 7.83. The van der Waals surface area contributed by atoms with Crippen molar-refractivity contribution in [2.75, 3.05) is 6.61 Å². The van der Waals surface area contributed by atoms with Crippen molar-refractivity contribution in [2.45, 2.75) is 19.4 Å². The predicted molar refractivity (Wildman–Crippen MR) is 63.3 cm³/mol. The Bertz CT molecular complexity index is 393. The molecule has 0 aromatic carbocycles. The number of esters is 1. The minimum absolute atomic E-state index is 0.0328. The summed E-state index contributed by atoms with van der Waals surface area (Å²) in [5.74, 6) is -0.533. The van der Waals surface area contributed by atoms with Gasteiger partial charge >= 0.3 is 5.97 Å². The Morgan fingerprint density at radius 2 is 2.00 bits per heavy atom. The van der Waals surface area contributed by atoms with Gasteiger partial charge < -0.3 is 9.94 Å². The molecule has 0 saturated carbocycles. The Hall–Kier alpha value is -1.04. The highest BCUT2D eigenvalue weighted by atomic mass is 35.5. The van der Waals surface area contributed by atoms with Gasteiger partial charge in [-0.2, -0.15) is 4.73 Å². The van der Waals surface area contributed by atoms with Gasteiger partial charge in [0.1, 0.15) is 6.61 Å². The summed E-state index contributed by atoms with van der Waals surface area (Å²) in [6, 6.07) is 2.75. The molecule has 1 heterocycles. The maximum Gasteiger partial charge on any atom is 0.338 e. The molecule has 94 valence electrons. The summed E-state index contributed by atoms with van der Waals surface area (Å²) >= 11 is 11.2. The topological polar surface area (TPSA) is 56.5 Å². The average molecular weight is 279 g/mol. The van der Waals surface area contributed by atoms with E-state index < -0.39 is 11.5 Å². The molecule has 0 amide bonds. The number of rotatable bonds is 4. The lowest BCUT2D eigenvalue weighted by Crippen LogP contribution is -2.37. The van der Waals surface area contributed by atoms with E-state index in [1.807, 2.05) is 0 Å². The molecule has 0 radical (unpaired) electrons. The Kier molecular flexibility index (Phi) is 4.56. The highest BCUT2D eigenvalue weighted by molar-refractivity contribution is 6.34. The first-order valence-corrected chi connectivity index (χ1v) is 5.48. The van der Waals surface area contributed by atoms with Crippen molar-refractivity contribution < 1.29 is 14.3 Å². The molecule has 1 aromatic heterocycles. The number of carbonyl (C=O) groups is 1. The average Bonchev–Trinajstić information content (AvgIpc) is 2.27. The molecule has 0 aliphatic rings. The van der Waals surface area contributed by atoms with E-state index in [4.69, 9.17) is 28.3 Å². The van der Waals surface area contributed by atoms with Crippen LogP contribution < -0.4 is 4.73 Å². The predicted octanol–water partition coefficient (Wildman–Crippen LogP) is 1.86. The van der Waals surface area contributed by atoms with E-state index in [1.165, 1.54) is 24.5 Å². The van der Waals surface area contributed by atoms with Gasteiger partial charge in [0.05, 0.1) is 11.1 Å². The summed E-state index contributed by atoms with van der Waals surface area (Å²) in [6.45, 7) is 3.47. The maximum absolute atomic E-state index is 11.6. The van der Waals surface area contributed by atoms with Gasteiger partial charge in [0.15, 0.2) is 12.4 Å². The smallest absolute Gasteiger partial charge is 0.338 e. The van der Waals surface area contributed by atoms with Crippen LogP contribution in [0.2, 0.25) is 0 Å². The molecule has 17 heavy (non-hydrogen) atoms. The van der Waals surface area contributed by atoms with E-state index >= 15 is 0 Å². The monoisotopic (exact) mass is 278 g/mol. The fourth-order valence-corrected chi connectivity index (χ4v) is 1.02. The van der Waals surface area contributed by atoms with Crippen molar-refractivity contribution in [2.24, 2.45) is 0 Å². The second kappa shape index (κ2) is 5.53. The third kappa shape index (κ3) is 4.03. The molecule has 0 saturated heterocycles. The molecule has 0 atom stereocenters. The van der Waals surface area contributed by atoms with Gasteiger partial charge in [0.25, 0.3) is 0 Å². The molecule has 0 unspecified atom stereocenters. The number of carbonyl (C=O) groups excluding carboxylic acids is 1. The van der Waals surface area contributed by atoms with Crippen LogP contribution in [0, 0.1) is 5.21 Å². The third-order valence-corrected chi connectivity index (χ3v) is 2.97. The van der Waals surface area contributed by atoms with E-state index in [2.05, 4.69) is 0 Å². The molecule has 0 N–H and O–H groups in total. The molecule has 0 fully saturated rings. The summed E-state index contributed by atoms with van der Waals surface area (Å²) in [6.07, 6.45) is 2.44. The van der Waals surface area contributed by atoms with Gasteiger partial charge in [0, 0.05) is 12.1 Å². The fourth-order valence-electron chi connectivity index (χ4n) is 0.923. The van der Waals surface area contributed by atoms with Gasteiger partial charge in [-0.25, -0.2) is 4.79 Å². The second-order valence-corrected chi connectivity index (χ2v) is 4.92. The van der Waals surface area contributed by atoms with Crippen molar-refractivity contribution in [3.63, 3.8) is 0 Å². The molecular weight excluding hydrogens is 267 g/mol. The Morgan fingerprint density at radius 3 is 2.47 bits per heavy atom. The van der Waals surface area contributed by atoms with Crippen LogP contribution in [0.4, 0.5) is 0 Å². The highest BCUT2D eigenvalue weighted by Crippen LogP contribution is 2.20. The fraction of sp³-hybridized carbons (Fsp3) is 0.400. The van der Waals surface area contributed by atoms with Crippen LogP contribution in [0.25, 0.3) is 0 Å². The normalized spacial score (nSPS) is 11.6. The number of nitrogens with zero attached hydrogens (tertiary/aromatic N) is 2. The van der Waals surface area contributed by atoms with Crippen LogP contribution in [-0.2, 0) is 4.74 Å². The quantitative estimate of drug-likeness (QED) is 0.365.